The maximum atomic E-state index is 14.1. The molecule has 0 N–H and O–H groups in total. The standard InChI is InChI=1S/C21H14F2N4O/c1-13-4-3-8-24-19(13)20(28)17-11-27(12-26-17)15-6-2-5-14(10-15)18-16(22)7-9-25-21(18)23/h2-12H,1H3. The van der Waals surface area contributed by atoms with Crippen molar-refractivity contribution in [2.75, 3.05) is 0 Å². The summed E-state index contributed by atoms with van der Waals surface area (Å²) in [6, 6.07) is 11.3. The minimum atomic E-state index is -0.885. The van der Waals surface area contributed by atoms with Crippen LogP contribution in [0.3, 0.4) is 0 Å². The van der Waals surface area contributed by atoms with Gasteiger partial charge in [-0.1, -0.05) is 18.2 Å². The van der Waals surface area contributed by atoms with E-state index < -0.39 is 11.8 Å². The fourth-order valence-electron chi connectivity index (χ4n) is 2.92. The first kappa shape index (κ1) is 17.7. The smallest absolute Gasteiger partial charge is 0.231 e. The van der Waals surface area contributed by atoms with Gasteiger partial charge in [0.05, 0.1) is 5.56 Å². The molecule has 0 aliphatic carbocycles. The zero-order valence-electron chi connectivity index (χ0n) is 14.8. The van der Waals surface area contributed by atoms with Gasteiger partial charge in [-0.05, 0) is 42.3 Å². The van der Waals surface area contributed by atoms with Crippen molar-refractivity contribution in [2.45, 2.75) is 6.92 Å². The number of ketones is 1. The molecule has 0 fully saturated rings. The van der Waals surface area contributed by atoms with Crippen molar-refractivity contribution < 1.29 is 13.6 Å². The fourth-order valence-corrected chi connectivity index (χ4v) is 2.92. The Bertz CT molecular complexity index is 1170. The Labute approximate surface area is 159 Å². The van der Waals surface area contributed by atoms with E-state index in [1.165, 1.54) is 6.33 Å². The number of benzene rings is 1. The van der Waals surface area contributed by atoms with Crippen LogP contribution in [-0.2, 0) is 0 Å². The van der Waals surface area contributed by atoms with E-state index in [-0.39, 0.29) is 17.0 Å². The highest BCUT2D eigenvalue weighted by atomic mass is 19.1. The average Bonchev–Trinajstić information content (AvgIpc) is 3.18. The van der Waals surface area contributed by atoms with Gasteiger partial charge in [-0.3, -0.25) is 9.78 Å². The maximum absolute atomic E-state index is 14.1. The number of carbonyl (C=O) groups excluding carboxylic acids is 1. The van der Waals surface area contributed by atoms with Crippen molar-refractivity contribution in [3.8, 4) is 16.8 Å². The Balaban J connectivity index is 1.70. The third-order valence-electron chi connectivity index (χ3n) is 4.33. The van der Waals surface area contributed by atoms with Crippen LogP contribution in [0.25, 0.3) is 16.8 Å². The van der Waals surface area contributed by atoms with Crippen molar-refractivity contribution in [3.05, 3.63) is 96.1 Å². The molecule has 138 valence electrons. The molecule has 1 aromatic carbocycles. The lowest BCUT2D eigenvalue weighted by Crippen LogP contribution is -2.06. The molecule has 4 aromatic rings. The van der Waals surface area contributed by atoms with E-state index in [4.69, 9.17) is 0 Å². The molecule has 3 heterocycles. The molecule has 0 bridgehead atoms. The number of hydrogen-bond donors (Lipinski definition) is 0. The summed E-state index contributed by atoms with van der Waals surface area (Å²) in [6.07, 6.45) is 5.66. The van der Waals surface area contributed by atoms with Crippen LogP contribution in [-0.4, -0.2) is 25.3 Å². The molecule has 4 rings (SSSR count). The van der Waals surface area contributed by atoms with Crippen molar-refractivity contribution in [1.29, 1.82) is 0 Å². The molecule has 0 saturated heterocycles. The Morgan fingerprint density at radius 3 is 2.64 bits per heavy atom. The van der Waals surface area contributed by atoms with Crippen LogP contribution >= 0.6 is 0 Å². The fraction of sp³-hybridized carbons (Fsp3) is 0.0476. The Hall–Kier alpha value is -3.74. The first-order valence-corrected chi connectivity index (χ1v) is 8.45. The second kappa shape index (κ2) is 7.11. The Kier molecular flexibility index (Phi) is 4.49. The number of nitrogens with zero attached hydrogens (tertiary/aromatic N) is 4. The quantitative estimate of drug-likeness (QED) is 0.397. The minimum Gasteiger partial charge on any atom is -0.306 e. The van der Waals surface area contributed by atoms with Crippen LogP contribution in [0, 0.1) is 18.7 Å². The Morgan fingerprint density at radius 1 is 1.00 bits per heavy atom. The number of carbonyl (C=O) groups is 1. The predicted molar refractivity (Wildman–Crippen MR) is 99.1 cm³/mol. The third kappa shape index (κ3) is 3.18. The first-order chi connectivity index (χ1) is 13.5. The van der Waals surface area contributed by atoms with Crippen molar-refractivity contribution in [1.82, 2.24) is 19.5 Å². The van der Waals surface area contributed by atoms with E-state index in [1.807, 2.05) is 0 Å². The molecule has 0 saturated carbocycles. The van der Waals surface area contributed by atoms with E-state index in [9.17, 15) is 13.6 Å². The molecule has 28 heavy (non-hydrogen) atoms. The summed E-state index contributed by atoms with van der Waals surface area (Å²) in [5.41, 5.74) is 2.05. The molecule has 5 nitrogen and oxygen atoms in total. The van der Waals surface area contributed by atoms with Crippen LogP contribution in [0.5, 0.6) is 0 Å². The van der Waals surface area contributed by atoms with Gasteiger partial charge in [-0.15, -0.1) is 0 Å². The number of halogens is 2. The normalized spacial score (nSPS) is 10.8. The minimum absolute atomic E-state index is 0.204. The van der Waals surface area contributed by atoms with E-state index >= 15 is 0 Å². The van der Waals surface area contributed by atoms with E-state index in [0.29, 0.717) is 16.9 Å². The van der Waals surface area contributed by atoms with Gasteiger partial charge in [-0.2, -0.15) is 4.39 Å². The van der Waals surface area contributed by atoms with Crippen LogP contribution in [0.1, 0.15) is 21.7 Å². The molecule has 0 aliphatic heterocycles. The third-order valence-corrected chi connectivity index (χ3v) is 4.33. The van der Waals surface area contributed by atoms with Crippen LogP contribution in [0.2, 0.25) is 0 Å². The number of aryl methyl sites for hydroxylation is 1. The van der Waals surface area contributed by atoms with E-state index in [2.05, 4.69) is 15.0 Å². The molecule has 0 spiro atoms. The summed E-state index contributed by atoms with van der Waals surface area (Å²) in [6.45, 7) is 1.80. The van der Waals surface area contributed by atoms with Crippen LogP contribution < -0.4 is 0 Å². The van der Waals surface area contributed by atoms with E-state index in [1.54, 1.807) is 60.3 Å². The molecular weight excluding hydrogens is 362 g/mol. The van der Waals surface area contributed by atoms with Gasteiger partial charge in [0.25, 0.3) is 0 Å². The largest absolute Gasteiger partial charge is 0.306 e. The number of aromatic nitrogens is 4. The number of imidazole rings is 1. The topological polar surface area (TPSA) is 60.7 Å². The second-order valence-corrected chi connectivity index (χ2v) is 6.17. The molecule has 0 unspecified atom stereocenters. The summed E-state index contributed by atoms with van der Waals surface area (Å²) in [5, 5.41) is 0. The molecule has 0 amide bonds. The lowest BCUT2D eigenvalue weighted by Gasteiger charge is -2.07. The van der Waals surface area contributed by atoms with Gasteiger partial charge >= 0.3 is 0 Å². The molecule has 0 aliphatic rings. The van der Waals surface area contributed by atoms with Gasteiger partial charge in [0.2, 0.25) is 11.7 Å². The monoisotopic (exact) mass is 376 g/mol. The first-order valence-electron chi connectivity index (χ1n) is 8.45. The molecule has 0 atom stereocenters. The summed E-state index contributed by atoms with van der Waals surface area (Å²) >= 11 is 0. The number of hydrogen-bond acceptors (Lipinski definition) is 4. The van der Waals surface area contributed by atoms with Gasteiger partial charge in [0, 0.05) is 24.3 Å². The van der Waals surface area contributed by atoms with Gasteiger partial charge in [0.1, 0.15) is 23.5 Å². The lowest BCUT2D eigenvalue weighted by atomic mass is 10.1. The summed E-state index contributed by atoms with van der Waals surface area (Å²) in [4.78, 5) is 24.4. The van der Waals surface area contributed by atoms with Crippen molar-refractivity contribution in [2.24, 2.45) is 0 Å². The van der Waals surface area contributed by atoms with Crippen LogP contribution in [0.15, 0.2) is 67.4 Å². The Morgan fingerprint density at radius 2 is 1.86 bits per heavy atom. The van der Waals surface area contributed by atoms with Crippen LogP contribution in [0.4, 0.5) is 8.78 Å². The lowest BCUT2D eigenvalue weighted by molar-refractivity contribution is 0.102. The molecule has 7 heteroatoms. The zero-order chi connectivity index (χ0) is 19.7. The second-order valence-electron chi connectivity index (χ2n) is 6.17. The van der Waals surface area contributed by atoms with Gasteiger partial charge in [0.15, 0.2) is 0 Å². The molecule has 3 aromatic heterocycles. The maximum Gasteiger partial charge on any atom is 0.231 e. The van der Waals surface area contributed by atoms with Crippen molar-refractivity contribution in [3.63, 3.8) is 0 Å². The van der Waals surface area contributed by atoms with E-state index in [0.717, 1.165) is 17.8 Å². The number of pyridine rings is 2. The van der Waals surface area contributed by atoms with Gasteiger partial charge in [-0.25, -0.2) is 14.4 Å². The zero-order valence-corrected chi connectivity index (χ0v) is 14.8. The summed E-state index contributed by atoms with van der Waals surface area (Å²) in [5.74, 6) is -1.88. The molecule has 0 radical (unpaired) electrons. The summed E-state index contributed by atoms with van der Waals surface area (Å²) in [7, 11) is 0. The highest BCUT2D eigenvalue weighted by Crippen LogP contribution is 2.26. The SMILES string of the molecule is Cc1cccnc1C(=O)c1cn(-c2cccc(-c3c(F)ccnc3F)c2)cn1. The highest BCUT2D eigenvalue weighted by Gasteiger charge is 2.17. The van der Waals surface area contributed by atoms with Gasteiger partial charge < -0.3 is 4.57 Å². The average molecular weight is 376 g/mol. The summed E-state index contributed by atoms with van der Waals surface area (Å²) < 4.78 is 29.7. The highest BCUT2D eigenvalue weighted by molar-refractivity contribution is 6.07. The molecular formula is C21H14F2N4O. The number of rotatable bonds is 4. The predicted octanol–water partition coefficient (Wildman–Crippen LogP) is 4.15. The van der Waals surface area contributed by atoms with Crippen molar-refractivity contribution >= 4 is 5.78 Å².